The zero-order chi connectivity index (χ0) is 14.3. The Hall–Kier alpha value is -1.46. The molecule has 1 aromatic rings. The second-order valence-corrected chi connectivity index (χ2v) is 4.52. The lowest BCUT2D eigenvalue weighted by Crippen LogP contribution is -2.41. The van der Waals surface area contributed by atoms with Gasteiger partial charge in [0, 0.05) is 13.7 Å². The molecule has 4 nitrogen and oxygen atoms in total. The monoisotopic (exact) mass is 268 g/mol. The molecule has 1 aromatic carbocycles. The standard InChI is InChI=1S/C14H21FN2O2/c1-10(11-5-7-12(15)8-6-11)17-14(18)13(16)4-3-9-19-2/h5-8,10,13H,3-4,9,16H2,1-2H3,(H,17,18)/t10-,13?/m0/s1. The van der Waals surface area contributed by atoms with Crippen molar-refractivity contribution >= 4 is 5.91 Å². The SMILES string of the molecule is COCCCC(N)C(=O)N[C@@H](C)c1ccc(F)cc1. The minimum absolute atomic E-state index is 0.193. The predicted molar refractivity (Wildman–Crippen MR) is 72.0 cm³/mol. The molecule has 106 valence electrons. The third-order valence-corrected chi connectivity index (χ3v) is 2.93. The number of halogens is 1. The molecular formula is C14H21FN2O2. The maximum absolute atomic E-state index is 12.8. The van der Waals surface area contributed by atoms with E-state index in [2.05, 4.69) is 5.32 Å². The van der Waals surface area contributed by atoms with E-state index < -0.39 is 6.04 Å². The van der Waals surface area contributed by atoms with Crippen LogP contribution < -0.4 is 11.1 Å². The molecule has 0 fully saturated rings. The zero-order valence-electron chi connectivity index (χ0n) is 11.4. The quantitative estimate of drug-likeness (QED) is 0.741. The van der Waals surface area contributed by atoms with Crippen molar-refractivity contribution in [3.05, 3.63) is 35.6 Å². The van der Waals surface area contributed by atoms with E-state index in [4.69, 9.17) is 10.5 Å². The minimum atomic E-state index is -0.543. The van der Waals surface area contributed by atoms with Gasteiger partial charge >= 0.3 is 0 Å². The van der Waals surface area contributed by atoms with E-state index in [0.29, 0.717) is 13.0 Å². The summed E-state index contributed by atoms with van der Waals surface area (Å²) in [5.41, 5.74) is 6.63. The lowest BCUT2D eigenvalue weighted by Gasteiger charge is -2.17. The number of nitrogens with two attached hydrogens (primary N) is 1. The average molecular weight is 268 g/mol. The first-order valence-electron chi connectivity index (χ1n) is 6.35. The summed E-state index contributed by atoms with van der Waals surface area (Å²) in [6, 6.07) is 5.31. The second kappa shape index (κ2) is 7.86. The number of hydrogen-bond donors (Lipinski definition) is 2. The van der Waals surface area contributed by atoms with Gasteiger partial charge in [0.15, 0.2) is 0 Å². The number of methoxy groups -OCH3 is 1. The van der Waals surface area contributed by atoms with Gasteiger partial charge in [0.25, 0.3) is 0 Å². The third kappa shape index (κ3) is 5.36. The third-order valence-electron chi connectivity index (χ3n) is 2.93. The van der Waals surface area contributed by atoms with E-state index in [1.165, 1.54) is 12.1 Å². The summed E-state index contributed by atoms with van der Waals surface area (Å²) in [5.74, 6) is -0.494. The van der Waals surface area contributed by atoms with Crippen molar-refractivity contribution in [1.29, 1.82) is 0 Å². The van der Waals surface area contributed by atoms with Gasteiger partial charge in [0.2, 0.25) is 5.91 Å². The van der Waals surface area contributed by atoms with Crippen LogP contribution >= 0.6 is 0 Å². The van der Waals surface area contributed by atoms with Gasteiger partial charge in [-0.15, -0.1) is 0 Å². The van der Waals surface area contributed by atoms with Crippen LogP contribution in [-0.4, -0.2) is 25.7 Å². The highest BCUT2D eigenvalue weighted by Crippen LogP contribution is 2.13. The molecule has 1 amide bonds. The van der Waals surface area contributed by atoms with Crippen LogP contribution in [0.15, 0.2) is 24.3 Å². The number of hydrogen-bond acceptors (Lipinski definition) is 3. The highest BCUT2D eigenvalue weighted by Gasteiger charge is 2.16. The second-order valence-electron chi connectivity index (χ2n) is 4.52. The van der Waals surface area contributed by atoms with Crippen molar-refractivity contribution in [1.82, 2.24) is 5.32 Å². The van der Waals surface area contributed by atoms with Gasteiger partial charge in [-0.2, -0.15) is 0 Å². The van der Waals surface area contributed by atoms with Crippen molar-refractivity contribution in [2.75, 3.05) is 13.7 Å². The largest absolute Gasteiger partial charge is 0.385 e. The lowest BCUT2D eigenvalue weighted by molar-refractivity contribution is -0.123. The van der Waals surface area contributed by atoms with Gasteiger partial charge in [-0.1, -0.05) is 12.1 Å². The minimum Gasteiger partial charge on any atom is -0.385 e. The number of carbonyl (C=O) groups excluding carboxylic acids is 1. The summed E-state index contributed by atoms with van der Waals surface area (Å²) in [4.78, 5) is 11.8. The van der Waals surface area contributed by atoms with E-state index in [-0.39, 0.29) is 17.8 Å². The molecular weight excluding hydrogens is 247 g/mol. The smallest absolute Gasteiger partial charge is 0.237 e. The molecule has 19 heavy (non-hydrogen) atoms. The molecule has 1 unspecified atom stereocenters. The van der Waals surface area contributed by atoms with Crippen LogP contribution in [0.25, 0.3) is 0 Å². The molecule has 0 aliphatic heterocycles. The Morgan fingerprint density at radius 1 is 1.42 bits per heavy atom. The van der Waals surface area contributed by atoms with Crippen LogP contribution in [0.4, 0.5) is 4.39 Å². The van der Waals surface area contributed by atoms with Gasteiger partial charge in [0.1, 0.15) is 5.82 Å². The maximum Gasteiger partial charge on any atom is 0.237 e. The van der Waals surface area contributed by atoms with Crippen molar-refractivity contribution in [2.45, 2.75) is 31.8 Å². The van der Waals surface area contributed by atoms with Gasteiger partial charge in [-0.25, -0.2) is 4.39 Å². The molecule has 0 spiro atoms. The van der Waals surface area contributed by atoms with Gasteiger partial charge in [-0.3, -0.25) is 4.79 Å². The summed E-state index contributed by atoms with van der Waals surface area (Å²) in [6.45, 7) is 2.43. The summed E-state index contributed by atoms with van der Waals surface area (Å²) in [7, 11) is 1.61. The van der Waals surface area contributed by atoms with E-state index >= 15 is 0 Å². The Labute approximate surface area is 113 Å². The highest BCUT2D eigenvalue weighted by atomic mass is 19.1. The van der Waals surface area contributed by atoms with E-state index in [1.54, 1.807) is 19.2 Å². The molecule has 1 rings (SSSR count). The van der Waals surface area contributed by atoms with Crippen LogP contribution in [0.3, 0.4) is 0 Å². The summed E-state index contributed by atoms with van der Waals surface area (Å²) in [5, 5.41) is 2.82. The zero-order valence-corrected chi connectivity index (χ0v) is 11.4. The molecule has 5 heteroatoms. The molecule has 2 atom stereocenters. The van der Waals surface area contributed by atoms with E-state index in [1.807, 2.05) is 6.92 Å². The molecule has 3 N–H and O–H groups in total. The molecule has 0 heterocycles. The molecule has 0 aromatic heterocycles. The van der Waals surface area contributed by atoms with E-state index in [9.17, 15) is 9.18 Å². The van der Waals surface area contributed by atoms with Crippen LogP contribution in [0.2, 0.25) is 0 Å². The number of benzene rings is 1. The number of carbonyl (C=O) groups is 1. The number of rotatable bonds is 7. The Morgan fingerprint density at radius 2 is 2.05 bits per heavy atom. The van der Waals surface area contributed by atoms with E-state index in [0.717, 1.165) is 12.0 Å². The maximum atomic E-state index is 12.8. The van der Waals surface area contributed by atoms with Crippen molar-refractivity contribution in [3.63, 3.8) is 0 Å². The molecule has 0 saturated carbocycles. The molecule has 0 aliphatic carbocycles. The fourth-order valence-corrected chi connectivity index (χ4v) is 1.73. The summed E-state index contributed by atoms with van der Waals surface area (Å²) < 4.78 is 17.7. The Bertz CT molecular complexity index is 395. The van der Waals surface area contributed by atoms with Crippen molar-refractivity contribution in [3.8, 4) is 0 Å². The van der Waals surface area contributed by atoms with Crippen LogP contribution in [-0.2, 0) is 9.53 Å². The lowest BCUT2D eigenvalue weighted by atomic mass is 10.1. The van der Waals surface area contributed by atoms with Crippen LogP contribution in [0.1, 0.15) is 31.4 Å². The summed E-state index contributed by atoms with van der Waals surface area (Å²) in [6.07, 6.45) is 1.33. The van der Waals surface area contributed by atoms with Crippen LogP contribution in [0.5, 0.6) is 0 Å². The average Bonchev–Trinajstić information content (AvgIpc) is 2.39. The first-order chi connectivity index (χ1) is 9.04. The molecule has 0 bridgehead atoms. The van der Waals surface area contributed by atoms with Gasteiger partial charge in [0.05, 0.1) is 12.1 Å². The predicted octanol–water partition coefficient (Wildman–Crippen LogP) is 1.76. The number of nitrogens with one attached hydrogen (secondary N) is 1. The van der Waals surface area contributed by atoms with Crippen LogP contribution in [0, 0.1) is 5.82 Å². The summed E-state index contributed by atoms with van der Waals surface area (Å²) >= 11 is 0. The van der Waals surface area contributed by atoms with Crippen molar-refractivity contribution in [2.24, 2.45) is 5.73 Å². The van der Waals surface area contributed by atoms with Gasteiger partial charge < -0.3 is 15.8 Å². The Morgan fingerprint density at radius 3 is 2.63 bits per heavy atom. The molecule has 0 saturated heterocycles. The Kier molecular flexibility index (Phi) is 6.45. The normalized spacial score (nSPS) is 13.9. The first kappa shape index (κ1) is 15.6. The topological polar surface area (TPSA) is 64.3 Å². The molecule has 0 aliphatic rings. The highest BCUT2D eigenvalue weighted by molar-refractivity contribution is 5.81. The molecule has 0 radical (unpaired) electrons. The first-order valence-corrected chi connectivity index (χ1v) is 6.35. The number of amides is 1. The van der Waals surface area contributed by atoms with Gasteiger partial charge in [-0.05, 0) is 37.5 Å². The number of ether oxygens (including phenoxy) is 1. The van der Waals surface area contributed by atoms with Crippen molar-refractivity contribution < 1.29 is 13.9 Å². The fraction of sp³-hybridized carbons (Fsp3) is 0.500. The fourth-order valence-electron chi connectivity index (χ4n) is 1.73. The Balaban J connectivity index is 2.44.